The van der Waals surface area contributed by atoms with Crippen LogP contribution in [-0.4, -0.2) is 78.8 Å². The first-order valence-corrected chi connectivity index (χ1v) is 11.3. The Morgan fingerprint density at radius 2 is 2.22 bits per heavy atom. The van der Waals surface area contributed by atoms with Crippen LogP contribution in [0, 0.1) is 18.3 Å². The van der Waals surface area contributed by atoms with E-state index < -0.39 is 30.9 Å². The lowest BCUT2D eigenvalue weighted by Crippen LogP contribution is -2.52. The predicted molar refractivity (Wildman–Crippen MR) is 127 cm³/mol. The van der Waals surface area contributed by atoms with Gasteiger partial charge >= 0.3 is 0 Å². The average molecular weight is 496 g/mol. The Balaban J connectivity index is 1.47. The standard InChI is InChI=1S/C24H26FN7O4/c1-14-18(11-28-31(14)2)29-22-5-7-27-23(30-22)15-3-4-20(16(9-15)10-26)36-21-6-8-32(12-17(21)25)24(35)19(34)13-33/h3-5,7,9,11,17,19,21,33-34H,6,8,12-13H2,1-2H3,(H,27,29,30)/t17-,19+,21+/m1/s1. The monoisotopic (exact) mass is 495 g/mol. The number of benzene rings is 1. The van der Waals surface area contributed by atoms with Gasteiger partial charge in [-0.1, -0.05) is 0 Å². The van der Waals surface area contributed by atoms with Crippen LogP contribution in [0.15, 0.2) is 36.7 Å². The highest BCUT2D eigenvalue weighted by atomic mass is 19.1. The van der Waals surface area contributed by atoms with Crippen LogP contribution < -0.4 is 10.1 Å². The Bertz CT molecular complexity index is 1290. The summed E-state index contributed by atoms with van der Waals surface area (Å²) >= 11 is 0. The Morgan fingerprint density at radius 1 is 1.42 bits per heavy atom. The van der Waals surface area contributed by atoms with Gasteiger partial charge in [0.25, 0.3) is 5.91 Å². The maximum Gasteiger partial charge on any atom is 0.253 e. The minimum Gasteiger partial charge on any atom is -0.486 e. The van der Waals surface area contributed by atoms with Crippen molar-refractivity contribution in [3.63, 3.8) is 0 Å². The number of carbonyl (C=O) groups is 1. The highest BCUT2D eigenvalue weighted by molar-refractivity contribution is 5.81. The van der Waals surface area contributed by atoms with Crippen LogP contribution in [0.25, 0.3) is 11.4 Å². The molecule has 1 fully saturated rings. The number of piperidine rings is 1. The SMILES string of the molecule is Cc1c(Nc2ccnc(-c3ccc(O[C@H]4CCN(C(=O)[C@@H](O)CO)C[C@H]4F)c(C#N)c3)n2)cnn1C. The van der Waals surface area contributed by atoms with E-state index in [0.29, 0.717) is 17.2 Å². The number of ether oxygens (including phenoxy) is 1. The van der Waals surface area contributed by atoms with Crippen molar-refractivity contribution in [2.45, 2.75) is 31.7 Å². The lowest BCUT2D eigenvalue weighted by molar-refractivity contribution is -0.146. The van der Waals surface area contributed by atoms with Gasteiger partial charge in [-0.05, 0) is 31.2 Å². The molecule has 4 rings (SSSR count). The van der Waals surface area contributed by atoms with Crippen molar-refractivity contribution in [3.8, 4) is 23.2 Å². The number of likely N-dealkylation sites (tertiary alicyclic amines) is 1. The third-order valence-corrected chi connectivity index (χ3v) is 6.04. The van der Waals surface area contributed by atoms with Crippen molar-refractivity contribution >= 4 is 17.4 Å². The van der Waals surface area contributed by atoms with Gasteiger partial charge in [0.15, 0.2) is 18.1 Å². The quantitative estimate of drug-likeness (QED) is 0.443. The van der Waals surface area contributed by atoms with E-state index in [9.17, 15) is 19.6 Å². The average Bonchev–Trinajstić information content (AvgIpc) is 3.21. The van der Waals surface area contributed by atoms with Crippen LogP contribution in [0.3, 0.4) is 0 Å². The molecular formula is C24H26FN7O4. The summed E-state index contributed by atoms with van der Waals surface area (Å²) in [6, 6.07) is 8.63. The van der Waals surface area contributed by atoms with Gasteiger partial charge in [-0.3, -0.25) is 9.48 Å². The number of carbonyl (C=O) groups excluding carboxylic acids is 1. The van der Waals surface area contributed by atoms with Crippen molar-refractivity contribution in [1.29, 1.82) is 5.26 Å². The van der Waals surface area contributed by atoms with Gasteiger partial charge in [-0.25, -0.2) is 14.4 Å². The normalized spacial score (nSPS) is 18.4. The molecule has 188 valence electrons. The maximum atomic E-state index is 14.8. The number of halogens is 1. The molecule has 36 heavy (non-hydrogen) atoms. The van der Waals surface area contributed by atoms with Crippen LogP contribution in [0.4, 0.5) is 15.9 Å². The van der Waals surface area contributed by atoms with Crippen LogP contribution in [0.5, 0.6) is 5.75 Å². The molecule has 0 saturated carbocycles. The second-order valence-electron chi connectivity index (χ2n) is 8.42. The lowest BCUT2D eigenvalue weighted by Gasteiger charge is -2.35. The van der Waals surface area contributed by atoms with E-state index in [-0.39, 0.29) is 30.8 Å². The number of rotatable bonds is 7. The Hall–Kier alpha value is -4.08. The van der Waals surface area contributed by atoms with Gasteiger partial charge in [-0.15, -0.1) is 0 Å². The number of nitriles is 1. The van der Waals surface area contributed by atoms with Crippen molar-refractivity contribution in [1.82, 2.24) is 24.6 Å². The van der Waals surface area contributed by atoms with Crippen LogP contribution >= 0.6 is 0 Å². The number of aryl methyl sites for hydroxylation is 1. The largest absolute Gasteiger partial charge is 0.486 e. The van der Waals surface area contributed by atoms with Crippen molar-refractivity contribution < 1.29 is 24.1 Å². The summed E-state index contributed by atoms with van der Waals surface area (Å²) in [7, 11) is 1.84. The minimum atomic E-state index is -1.57. The van der Waals surface area contributed by atoms with Crippen molar-refractivity contribution in [2.75, 3.05) is 25.0 Å². The number of aliphatic hydroxyl groups is 2. The highest BCUT2D eigenvalue weighted by Gasteiger charge is 2.35. The first kappa shape index (κ1) is 25.0. The van der Waals surface area contributed by atoms with Crippen LogP contribution in [-0.2, 0) is 11.8 Å². The number of aromatic nitrogens is 4. The number of hydrogen-bond acceptors (Lipinski definition) is 9. The van der Waals surface area contributed by atoms with E-state index >= 15 is 0 Å². The van der Waals surface area contributed by atoms with Gasteiger partial charge in [0.1, 0.15) is 23.7 Å². The van der Waals surface area contributed by atoms with E-state index in [4.69, 9.17) is 9.84 Å². The molecule has 1 aliphatic heterocycles. The fourth-order valence-corrected chi connectivity index (χ4v) is 3.85. The zero-order valence-corrected chi connectivity index (χ0v) is 19.8. The smallest absolute Gasteiger partial charge is 0.253 e. The molecule has 1 aliphatic rings. The summed E-state index contributed by atoms with van der Waals surface area (Å²) in [5.74, 6) is 0.436. The molecule has 0 aliphatic carbocycles. The highest BCUT2D eigenvalue weighted by Crippen LogP contribution is 2.29. The number of nitrogens with zero attached hydrogens (tertiary/aromatic N) is 6. The zero-order chi connectivity index (χ0) is 25.8. The molecule has 0 radical (unpaired) electrons. The van der Waals surface area contributed by atoms with E-state index in [2.05, 4.69) is 26.5 Å². The van der Waals surface area contributed by atoms with Gasteiger partial charge < -0.3 is 25.2 Å². The second-order valence-corrected chi connectivity index (χ2v) is 8.42. The molecule has 0 spiro atoms. The molecule has 1 aromatic carbocycles. The van der Waals surface area contributed by atoms with Crippen molar-refractivity contribution in [3.05, 3.63) is 47.9 Å². The van der Waals surface area contributed by atoms with E-state index in [1.54, 1.807) is 41.3 Å². The van der Waals surface area contributed by atoms with Crippen LogP contribution in [0.1, 0.15) is 17.7 Å². The Kier molecular flexibility index (Phi) is 7.42. The molecule has 12 heteroatoms. The third kappa shape index (κ3) is 5.27. The number of anilines is 2. The second kappa shape index (κ2) is 10.7. The topological polar surface area (TPSA) is 149 Å². The summed E-state index contributed by atoms with van der Waals surface area (Å²) in [5, 5.41) is 35.5. The number of aliphatic hydroxyl groups excluding tert-OH is 2. The number of nitrogens with one attached hydrogen (secondary N) is 1. The molecule has 3 N–H and O–H groups in total. The maximum absolute atomic E-state index is 14.8. The van der Waals surface area contributed by atoms with Gasteiger partial charge in [0.05, 0.1) is 36.3 Å². The van der Waals surface area contributed by atoms with Crippen LogP contribution in [0.2, 0.25) is 0 Å². The molecule has 3 aromatic rings. The van der Waals surface area contributed by atoms with Gasteiger partial charge in [0, 0.05) is 31.8 Å². The van der Waals surface area contributed by atoms with Crippen molar-refractivity contribution in [2.24, 2.45) is 7.05 Å². The fourth-order valence-electron chi connectivity index (χ4n) is 3.85. The summed E-state index contributed by atoms with van der Waals surface area (Å²) < 4.78 is 22.3. The Labute approximate surface area is 206 Å². The Morgan fingerprint density at radius 3 is 2.89 bits per heavy atom. The lowest BCUT2D eigenvalue weighted by atomic mass is 10.0. The molecule has 0 bridgehead atoms. The summed E-state index contributed by atoms with van der Waals surface area (Å²) in [4.78, 5) is 22.0. The molecule has 1 amide bonds. The first-order chi connectivity index (χ1) is 17.3. The molecule has 1 saturated heterocycles. The molecule has 11 nitrogen and oxygen atoms in total. The van der Waals surface area contributed by atoms with Gasteiger partial charge in [0.2, 0.25) is 0 Å². The third-order valence-electron chi connectivity index (χ3n) is 6.04. The number of alkyl halides is 1. The number of amides is 1. The zero-order valence-electron chi connectivity index (χ0n) is 19.8. The van der Waals surface area contributed by atoms with Gasteiger partial charge in [-0.2, -0.15) is 10.4 Å². The fraction of sp³-hybridized carbons (Fsp3) is 0.375. The number of hydrogen-bond donors (Lipinski definition) is 3. The predicted octanol–water partition coefficient (Wildman–Crippen LogP) is 1.47. The summed E-state index contributed by atoms with van der Waals surface area (Å²) in [5.41, 5.74) is 2.53. The summed E-state index contributed by atoms with van der Waals surface area (Å²) in [6.45, 7) is 1.09. The summed E-state index contributed by atoms with van der Waals surface area (Å²) in [6.07, 6.45) is -0.501. The van der Waals surface area contributed by atoms with E-state index in [1.807, 2.05) is 14.0 Å². The molecule has 3 atom stereocenters. The van der Waals surface area contributed by atoms with E-state index in [0.717, 1.165) is 16.3 Å². The molecule has 0 unspecified atom stereocenters. The first-order valence-electron chi connectivity index (χ1n) is 11.3. The molecule has 2 aromatic heterocycles. The minimum absolute atomic E-state index is 0.158. The molecular weight excluding hydrogens is 469 g/mol. The van der Waals surface area contributed by atoms with E-state index in [1.165, 1.54) is 0 Å². The molecule has 3 heterocycles.